The van der Waals surface area contributed by atoms with Crippen molar-refractivity contribution < 1.29 is 19.4 Å². The zero-order valence-corrected chi connectivity index (χ0v) is 12.7. The standard InChI is InChI=1S/C17H18N2O4/c1-2-23-16(21)17(22,11-13-7-4-3-5-8-13)15(20)19-14-9-6-10-18-12-14/h3-10,12,22H,2,11H2,1H3,(H,19,20)/t17-/m1/s1. The molecule has 1 atom stereocenters. The van der Waals surface area contributed by atoms with E-state index >= 15 is 0 Å². The van der Waals surface area contributed by atoms with Crippen molar-refractivity contribution in [2.75, 3.05) is 11.9 Å². The molecule has 2 rings (SSSR count). The van der Waals surface area contributed by atoms with Crippen LogP contribution >= 0.6 is 0 Å². The molecule has 2 N–H and O–H groups in total. The first-order valence-corrected chi connectivity index (χ1v) is 7.21. The van der Waals surface area contributed by atoms with E-state index in [1.54, 1.807) is 49.5 Å². The summed E-state index contributed by atoms with van der Waals surface area (Å²) in [5.41, 5.74) is -1.29. The summed E-state index contributed by atoms with van der Waals surface area (Å²) in [5, 5.41) is 13.2. The number of pyridine rings is 1. The van der Waals surface area contributed by atoms with Crippen LogP contribution in [0.4, 0.5) is 5.69 Å². The Hall–Kier alpha value is -2.73. The first kappa shape index (κ1) is 16.6. The monoisotopic (exact) mass is 314 g/mol. The molecule has 0 aliphatic rings. The van der Waals surface area contributed by atoms with Gasteiger partial charge in [0, 0.05) is 12.6 Å². The number of amides is 1. The number of hydrogen-bond acceptors (Lipinski definition) is 5. The SMILES string of the molecule is CCOC(=O)[C@@](O)(Cc1ccccc1)C(=O)Nc1cccnc1. The summed E-state index contributed by atoms with van der Waals surface area (Å²) in [6.07, 6.45) is 2.79. The molecule has 6 nitrogen and oxygen atoms in total. The molecule has 0 saturated carbocycles. The van der Waals surface area contributed by atoms with Crippen molar-refractivity contribution in [3.63, 3.8) is 0 Å². The molecule has 0 aliphatic carbocycles. The molecular weight excluding hydrogens is 296 g/mol. The molecule has 0 aliphatic heterocycles. The maximum absolute atomic E-state index is 12.5. The highest BCUT2D eigenvalue weighted by Crippen LogP contribution is 2.18. The number of ether oxygens (including phenoxy) is 1. The Labute approximate surface area is 134 Å². The smallest absolute Gasteiger partial charge is 0.348 e. The van der Waals surface area contributed by atoms with Gasteiger partial charge in [0.25, 0.3) is 5.91 Å². The maximum Gasteiger partial charge on any atom is 0.348 e. The number of benzene rings is 1. The van der Waals surface area contributed by atoms with Gasteiger partial charge in [-0.05, 0) is 24.6 Å². The minimum atomic E-state index is -2.31. The van der Waals surface area contributed by atoms with E-state index in [9.17, 15) is 14.7 Å². The van der Waals surface area contributed by atoms with Gasteiger partial charge in [0.1, 0.15) is 0 Å². The molecule has 1 heterocycles. The van der Waals surface area contributed by atoms with Crippen LogP contribution in [0.2, 0.25) is 0 Å². The first-order chi connectivity index (χ1) is 11.1. The number of carbonyl (C=O) groups excluding carboxylic acids is 2. The Bertz CT molecular complexity index is 661. The second-order valence-corrected chi connectivity index (χ2v) is 4.94. The predicted octanol–water partition coefficient (Wildman–Crippen LogP) is 1.56. The van der Waals surface area contributed by atoms with Crippen LogP contribution in [-0.2, 0) is 20.7 Å². The number of nitrogens with one attached hydrogen (secondary N) is 1. The number of aromatic nitrogens is 1. The van der Waals surface area contributed by atoms with Crippen molar-refractivity contribution >= 4 is 17.6 Å². The third kappa shape index (κ3) is 4.14. The first-order valence-electron chi connectivity index (χ1n) is 7.21. The van der Waals surface area contributed by atoms with Gasteiger partial charge >= 0.3 is 5.97 Å². The van der Waals surface area contributed by atoms with Crippen LogP contribution in [0.5, 0.6) is 0 Å². The quantitative estimate of drug-likeness (QED) is 0.624. The number of anilines is 1. The topological polar surface area (TPSA) is 88.5 Å². The molecule has 23 heavy (non-hydrogen) atoms. The zero-order chi connectivity index (χ0) is 16.7. The Kier molecular flexibility index (Phi) is 5.43. The Balaban J connectivity index is 2.25. The van der Waals surface area contributed by atoms with Crippen LogP contribution in [0.3, 0.4) is 0 Å². The van der Waals surface area contributed by atoms with E-state index in [4.69, 9.17) is 4.74 Å². The maximum atomic E-state index is 12.5. The van der Waals surface area contributed by atoms with E-state index in [2.05, 4.69) is 10.3 Å². The fraction of sp³-hybridized carbons (Fsp3) is 0.235. The molecule has 0 spiro atoms. The van der Waals surface area contributed by atoms with Gasteiger partial charge in [-0.3, -0.25) is 9.78 Å². The summed E-state index contributed by atoms with van der Waals surface area (Å²) in [5.74, 6) is -1.84. The second kappa shape index (κ2) is 7.51. The van der Waals surface area contributed by atoms with Crippen molar-refractivity contribution in [2.45, 2.75) is 18.9 Å². The lowest BCUT2D eigenvalue weighted by Gasteiger charge is -2.24. The molecule has 0 radical (unpaired) electrons. The highest BCUT2D eigenvalue weighted by molar-refractivity contribution is 6.11. The van der Waals surface area contributed by atoms with Crippen LogP contribution in [0.25, 0.3) is 0 Å². The molecule has 0 bridgehead atoms. The summed E-state index contributed by atoms with van der Waals surface area (Å²) in [6.45, 7) is 1.68. The fourth-order valence-corrected chi connectivity index (χ4v) is 2.06. The molecule has 0 saturated heterocycles. The van der Waals surface area contributed by atoms with Gasteiger partial charge in [0.2, 0.25) is 5.60 Å². The number of carbonyl (C=O) groups is 2. The molecule has 6 heteroatoms. The number of nitrogens with zero attached hydrogens (tertiary/aromatic N) is 1. The molecule has 2 aromatic rings. The highest BCUT2D eigenvalue weighted by atomic mass is 16.5. The molecule has 0 fully saturated rings. The highest BCUT2D eigenvalue weighted by Gasteiger charge is 2.45. The Morgan fingerprint density at radius 2 is 1.96 bits per heavy atom. The van der Waals surface area contributed by atoms with E-state index in [1.165, 1.54) is 6.20 Å². The van der Waals surface area contributed by atoms with Crippen LogP contribution in [-0.4, -0.2) is 34.2 Å². The van der Waals surface area contributed by atoms with Crippen molar-refractivity contribution in [3.05, 3.63) is 60.4 Å². The van der Waals surface area contributed by atoms with Gasteiger partial charge in [-0.15, -0.1) is 0 Å². The van der Waals surface area contributed by atoms with E-state index in [-0.39, 0.29) is 13.0 Å². The summed E-state index contributed by atoms with van der Waals surface area (Å²) in [6, 6.07) is 12.0. The largest absolute Gasteiger partial charge is 0.463 e. The van der Waals surface area contributed by atoms with Crippen LogP contribution in [0, 0.1) is 0 Å². The van der Waals surface area contributed by atoms with Crippen molar-refractivity contribution in [1.29, 1.82) is 0 Å². The number of esters is 1. The van der Waals surface area contributed by atoms with E-state index in [1.807, 2.05) is 6.07 Å². The van der Waals surface area contributed by atoms with E-state index < -0.39 is 17.5 Å². The normalized spacial score (nSPS) is 13.0. The van der Waals surface area contributed by atoms with Crippen molar-refractivity contribution in [3.8, 4) is 0 Å². The van der Waals surface area contributed by atoms with Gasteiger partial charge in [-0.2, -0.15) is 0 Å². The number of hydrogen-bond donors (Lipinski definition) is 2. The van der Waals surface area contributed by atoms with E-state index in [0.717, 1.165) is 0 Å². The van der Waals surface area contributed by atoms with Gasteiger partial charge in [-0.25, -0.2) is 4.79 Å². The molecule has 1 aromatic heterocycles. The van der Waals surface area contributed by atoms with Gasteiger partial charge in [0.05, 0.1) is 18.5 Å². The van der Waals surface area contributed by atoms with Crippen molar-refractivity contribution in [2.24, 2.45) is 0 Å². The zero-order valence-electron chi connectivity index (χ0n) is 12.7. The lowest BCUT2D eigenvalue weighted by molar-refractivity contribution is -0.169. The molecule has 1 amide bonds. The average Bonchev–Trinajstić information content (AvgIpc) is 2.56. The summed E-state index contributed by atoms with van der Waals surface area (Å²) in [7, 11) is 0. The molecule has 1 aromatic carbocycles. The minimum absolute atomic E-state index is 0.0656. The van der Waals surface area contributed by atoms with Gasteiger partial charge in [-0.1, -0.05) is 30.3 Å². The summed E-state index contributed by atoms with van der Waals surface area (Å²) in [4.78, 5) is 28.5. The fourth-order valence-electron chi connectivity index (χ4n) is 2.06. The number of aliphatic hydroxyl groups is 1. The number of rotatable bonds is 6. The Morgan fingerprint density at radius 1 is 1.22 bits per heavy atom. The van der Waals surface area contributed by atoms with Gasteiger partial charge in [0.15, 0.2) is 0 Å². The van der Waals surface area contributed by atoms with E-state index in [0.29, 0.717) is 11.3 Å². The summed E-state index contributed by atoms with van der Waals surface area (Å²) < 4.78 is 4.87. The van der Waals surface area contributed by atoms with Crippen LogP contribution in [0.1, 0.15) is 12.5 Å². The molecule has 120 valence electrons. The minimum Gasteiger partial charge on any atom is -0.463 e. The predicted molar refractivity (Wildman–Crippen MR) is 84.6 cm³/mol. The Morgan fingerprint density at radius 3 is 2.57 bits per heavy atom. The third-order valence-corrected chi connectivity index (χ3v) is 3.21. The summed E-state index contributed by atoms with van der Waals surface area (Å²) >= 11 is 0. The van der Waals surface area contributed by atoms with Crippen molar-refractivity contribution in [1.82, 2.24) is 4.98 Å². The lowest BCUT2D eigenvalue weighted by Crippen LogP contribution is -2.52. The van der Waals surface area contributed by atoms with Gasteiger partial charge < -0.3 is 15.2 Å². The van der Waals surface area contributed by atoms with Crippen LogP contribution in [0.15, 0.2) is 54.9 Å². The second-order valence-electron chi connectivity index (χ2n) is 4.94. The third-order valence-electron chi connectivity index (χ3n) is 3.21. The van der Waals surface area contributed by atoms with Crippen LogP contribution < -0.4 is 5.32 Å². The average molecular weight is 314 g/mol. The lowest BCUT2D eigenvalue weighted by atomic mass is 9.93. The molecule has 0 unspecified atom stereocenters. The molecular formula is C17H18N2O4.